The van der Waals surface area contributed by atoms with Crippen LogP contribution in [0.4, 0.5) is 35.9 Å². The number of hydrogen-bond donors (Lipinski definition) is 4. The number of hydrogen-bond acceptors (Lipinski definition) is 7. The number of halogens is 3. The van der Waals surface area contributed by atoms with E-state index in [1.54, 1.807) is 37.3 Å². The highest BCUT2D eigenvalue weighted by atomic mass is 19.4. The van der Waals surface area contributed by atoms with Gasteiger partial charge >= 0.3 is 6.18 Å². The summed E-state index contributed by atoms with van der Waals surface area (Å²) >= 11 is 0. The molecule has 3 aromatic rings. The van der Waals surface area contributed by atoms with Gasteiger partial charge in [0, 0.05) is 43.6 Å². The molecule has 1 fully saturated rings. The van der Waals surface area contributed by atoms with E-state index in [1.165, 1.54) is 12.1 Å². The molecule has 5 N–H and O–H groups in total. The summed E-state index contributed by atoms with van der Waals surface area (Å²) in [5.41, 5.74) is 8.19. The lowest BCUT2D eigenvalue weighted by Gasteiger charge is -2.23. The molecule has 44 heavy (non-hydrogen) atoms. The van der Waals surface area contributed by atoms with Gasteiger partial charge in [-0.15, -0.1) is 0 Å². The van der Waals surface area contributed by atoms with Gasteiger partial charge in [-0.3, -0.25) is 9.59 Å². The van der Waals surface area contributed by atoms with Crippen LogP contribution >= 0.6 is 0 Å². The molecule has 12 heteroatoms. The Morgan fingerprint density at radius 3 is 2.25 bits per heavy atom. The maximum atomic E-state index is 13.1. The number of amides is 2. The van der Waals surface area contributed by atoms with Gasteiger partial charge in [0.15, 0.2) is 0 Å². The zero-order chi connectivity index (χ0) is 32.3. The van der Waals surface area contributed by atoms with E-state index < -0.39 is 23.6 Å². The quantitative estimate of drug-likeness (QED) is 0.249. The molecule has 3 aromatic carbocycles. The summed E-state index contributed by atoms with van der Waals surface area (Å²) in [4.78, 5) is 29.8. The molecule has 0 bridgehead atoms. The third kappa shape index (κ3) is 10.2. The lowest BCUT2D eigenvalue weighted by atomic mass is 10.1. The van der Waals surface area contributed by atoms with Crippen molar-refractivity contribution in [2.45, 2.75) is 19.5 Å². The van der Waals surface area contributed by atoms with Gasteiger partial charge in [-0.2, -0.15) is 13.2 Å². The molecule has 1 saturated heterocycles. The van der Waals surface area contributed by atoms with Crippen LogP contribution in [0.2, 0.25) is 0 Å². The van der Waals surface area contributed by atoms with Crippen molar-refractivity contribution >= 4 is 34.6 Å². The van der Waals surface area contributed by atoms with Crippen LogP contribution in [0.1, 0.15) is 38.3 Å². The number of rotatable bonds is 9. The fraction of sp³-hybridized carbons (Fsp3) is 0.375. The smallest absolute Gasteiger partial charge is 0.396 e. The molecule has 238 valence electrons. The average Bonchev–Trinajstić information content (AvgIpc) is 2.99. The van der Waals surface area contributed by atoms with E-state index in [0.29, 0.717) is 22.6 Å². The maximum Gasteiger partial charge on any atom is 0.416 e. The van der Waals surface area contributed by atoms with Gasteiger partial charge in [0.1, 0.15) is 0 Å². The second kappa shape index (κ2) is 16.1. The van der Waals surface area contributed by atoms with E-state index in [9.17, 15) is 22.8 Å². The molecule has 0 aliphatic carbocycles. The molecule has 4 rings (SSSR count). The number of nitrogens with zero attached hydrogens (tertiary/aromatic N) is 2. The zero-order valence-corrected chi connectivity index (χ0v) is 25.6. The van der Waals surface area contributed by atoms with Gasteiger partial charge < -0.3 is 36.2 Å². The van der Waals surface area contributed by atoms with Gasteiger partial charge in [-0.25, -0.2) is 0 Å². The molecule has 0 spiro atoms. The highest BCUT2D eigenvalue weighted by Crippen LogP contribution is 2.30. The second-order valence-corrected chi connectivity index (χ2v) is 10.7. The number of nitrogens with one attached hydrogen (secondary N) is 3. The third-order valence-electron chi connectivity index (χ3n) is 6.88. The largest absolute Gasteiger partial charge is 0.416 e. The zero-order valence-electron chi connectivity index (χ0n) is 25.6. The fourth-order valence-corrected chi connectivity index (χ4v) is 4.41. The summed E-state index contributed by atoms with van der Waals surface area (Å²) in [6, 6.07) is 14.3. The van der Waals surface area contributed by atoms with E-state index >= 15 is 0 Å². The van der Waals surface area contributed by atoms with Crippen molar-refractivity contribution < 1.29 is 27.5 Å². The number of anilines is 4. The van der Waals surface area contributed by atoms with Crippen molar-refractivity contribution in [1.82, 2.24) is 10.2 Å². The minimum atomic E-state index is -4.56. The molecule has 0 atom stereocenters. The normalized spacial score (nSPS) is 13.1. The number of para-hydroxylation sites is 1. The Bertz CT molecular complexity index is 1400. The van der Waals surface area contributed by atoms with Crippen molar-refractivity contribution in [2.75, 3.05) is 81.8 Å². The first-order chi connectivity index (χ1) is 20.9. The van der Waals surface area contributed by atoms with Crippen LogP contribution in [0.25, 0.3) is 0 Å². The van der Waals surface area contributed by atoms with E-state index in [-0.39, 0.29) is 5.56 Å². The minimum absolute atomic E-state index is 0.134. The van der Waals surface area contributed by atoms with Crippen LogP contribution in [0.3, 0.4) is 0 Å². The number of nitrogens with two attached hydrogens (primary N) is 1. The van der Waals surface area contributed by atoms with Crippen LogP contribution in [-0.4, -0.2) is 77.3 Å². The summed E-state index contributed by atoms with van der Waals surface area (Å²) in [7, 11) is 5.93. The van der Waals surface area contributed by atoms with Crippen molar-refractivity contribution in [1.29, 1.82) is 0 Å². The van der Waals surface area contributed by atoms with Crippen LogP contribution in [0, 0.1) is 6.92 Å². The number of nitrogen functional groups attached to an aromatic ring is 1. The Labute approximate surface area is 256 Å². The molecule has 0 unspecified atom stereocenters. The number of benzene rings is 3. The van der Waals surface area contributed by atoms with Gasteiger partial charge in [-0.05, 0) is 82.0 Å². The molecule has 1 aliphatic rings. The predicted molar refractivity (Wildman–Crippen MR) is 170 cm³/mol. The van der Waals surface area contributed by atoms with Crippen LogP contribution in [0.15, 0.2) is 60.7 Å². The van der Waals surface area contributed by atoms with Crippen LogP contribution < -0.4 is 26.6 Å². The summed E-state index contributed by atoms with van der Waals surface area (Å²) in [5, 5.41) is 8.58. The Morgan fingerprint density at radius 2 is 1.64 bits per heavy atom. The first kappa shape index (κ1) is 34.4. The first-order valence-corrected chi connectivity index (χ1v) is 14.3. The number of alkyl halides is 3. The van der Waals surface area contributed by atoms with E-state index in [2.05, 4.69) is 20.9 Å². The number of morpholine rings is 1. The highest BCUT2D eigenvalue weighted by Gasteiger charge is 2.31. The molecule has 0 radical (unpaired) electrons. The lowest BCUT2D eigenvalue weighted by molar-refractivity contribution is -0.137. The maximum absolute atomic E-state index is 13.1. The number of carbonyl (C=O) groups excluding carboxylic acids is 2. The van der Waals surface area contributed by atoms with E-state index in [1.807, 2.05) is 32.1 Å². The third-order valence-corrected chi connectivity index (χ3v) is 6.88. The summed E-state index contributed by atoms with van der Waals surface area (Å²) in [6.07, 6.45) is -3.63. The van der Waals surface area contributed by atoms with Crippen molar-refractivity contribution in [2.24, 2.45) is 0 Å². The van der Waals surface area contributed by atoms with Crippen LogP contribution in [-0.2, 0) is 10.9 Å². The second-order valence-electron chi connectivity index (χ2n) is 10.7. The molecule has 2 amide bonds. The van der Waals surface area contributed by atoms with Gasteiger partial charge in [0.05, 0.1) is 35.7 Å². The predicted octanol–water partition coefficient (Wildman–Crippen LogP) is 5.09. The molecule has 0 aromatic heterocycles. The molecule has 1 heterocycles. The summed E-state index contributed by atoms with van der Waals surface area (Å²) < 4.78 is 44.0. The van der Waals surface area contributed by atoms with Gasteiger partial charge in [-0.1, -0.05) is 18.2 Å². The number of aryl methyl sites for hydroxylation is 1. The summed E-state index contributed by atoms with van der Waals surface area (Å²) in [5.74, 6) is -1.12. The van der Waals surface area contributed by atoms with E-state index in [4.69, 9.17) is 10.5 Å². The average molecular weight is 615 g/mol. The monoisotopic (exact) mass is 614 g/mol. The van der Waals surface area contributed by atoms with Gasteiger partial charge in [0.25, 0.3) is 11.8 Å². The Morgan fingerprint density at radius 1 is 0.932 bits per heavy atom. The standard InChI is InChI=1S/C28H32F3N5O2.C4H9NO/c1-18-12-13-21(33-26(37)19-8-5-9-20(16-19)28(29,30)31)17-23(18)34-27(38)22-10-6-11-24(25(22)32)36(4)15-7-14-35(2)3;1-3-6-4-2-5-1/h5-6,8-13,16-17H,7,14-15,32H2,1-4H3,(H,33,37)(H,34,38);5H,1-4H2. The first-order valence-electron chi connectivity index (χ1n) is 14.3. The molecular formula is C32H41F3N6O3. The fourth-order valence-electron chi connectivity index (χ4n) is 4.41. The van der Waals surface area contributed by atoms with Crippen molar-refractivity contribution in [3.8, 4) is 0 Å². The summed E-state index contributed by atoms with van der Waals surface area (Å²) in [6.45, 7) is 7.30. The lowest BCUT2D eigenvalue weighted by Crippen LogP contribution is -2.30. The van der Waals surface area contributed by atoms with Gasteiger partial charge in [0.2, 0.25) is 0 Å². The molecule has 1 aliphatic heterocycles. The van der Waals surface area contributed by atoms with Crippen LogP contribution in [0.5, 0.6) is 0 Å². The molecular weight excluding hydrogens is 573 g/mol. The number of ether oxygens (including phenoxy) is 1. The van der Waals surface area contributed by atoms with E-state index in [0.717, 1.165) is 69.2 Å². The topological polar surface area (TPSA) is 112 Å². The van der Waals surface area contributed by atoms with Crippen molar-refractivity contribution in [3.05, 3.63) is 82.9 Å². The Hall–Kier alpha value is -4.13. The molecule has 9 nitrogen and oxygen atoms in total. The Kier molecular flexibility index (Phi) is 12.6. The minimum Gasteiger partial charge on any atom is -0.396 e. The highest BCUT2D eigenvalue weighted by molar-refractivity contribution is 6.10. The Balaban J connectivity index is 0.000000785. The number of carbonyl (C=O) groups is 2. The molecule has 0 saturated carbocycles. The SMILES string of the molecule is C1COCCN1.Cc1ccc(NC(=O)c2cccc(C(F)(F)F)c2)cc1NC(=O)c1cccc(N(C)CCCN(C)C)c1N. The van der Waals surface area contributed by atoms with Crippen molar-refractivity contribution in [3.63, 3.8) is 0 Å².